The largest absolute Gasteiger partial charge is 0.494 e. The molecule has 1 aliphatic rings. The number of rotatable bonds is 3. The van der Waals surface area contributed by atoms with Crippen molar-refractivity contribution in [3.05, 3.63) is 78.9 Å². The molecule has 168 valence electrons. The maximum Gasteiger partial charge on any atom is 0.494 e. The Kier molecular flexibility index (Phi) is 4.89. The zero-order valence-corrected chi connectivity index (χ0v) is 20.5. The second-order valence-corrected chi connectivity index (χ2v) is 10.8. The second kappa shape index (κ2) is 7.74. The van der Waals surface area contributed by atoms with Crippen LogP contribution in [0.25, 0.3) is 42.9 Å². The van der Waals surface area contributed by atoms with Gasteiger partial charge < -0.3 is 9.31 Å². The molecule has 0 atom stereocenters. The predicted molar refractivity (Wildman–Crippen MR) is 142 cm³/mol. The van der Waals surface area contributed by atoms with Crippen molar-refractivity contribution in [2.24, 2.45) is 0 Å². The molecule has 1 saturated heterocycles. The van der Waals surface area contributed by atoms with Gasteiger partial charge in [-0.15, -0.1) is 11.3 Å². The van der Waals surface area contributed by atoms with Gasteiger partial charge >= 0.3 is 7.12 Å². The quantitative estimate of drug-likeness (QED) is 0.287. The van der Waals surface area contributed by atoms with Crippen molar-refractivity contribution in [2.75, 3.05) is 0 Å². The Balaban J connectivity index is 1.48. The van der Waals surface area contributed by atoms with E-state index >= 15 is 0 Å². The molecule has 0 spiro atoms. The highest BCUT2D eigenvalue weighted by atomic mass is 32.1. The predicted octanol–water partition coefficient (Wildman–Crippen LogP) is 6.48. The Labute approximate surface area is 203 Å². The van der Waals surface area contributed by atoms with E-state index < -0.39 is 0 Å². The molecule has 0 bridgehead atoms. The zero-order chi connectivity index (χ0) is 23.5. The van der Waals surface area contributed by atoms with Gasteiger partial charge in [0, 0.05) is 21.2 Å². The van der Waals surface area contributed by atoms with E-state index in [1.807, 2.05) is 18.2 Å². The van der Waals surface area contributed by atoms with Crippen LogP contribution in [-0.2, 0) is 9.31 Å². The van der Waals surface area contributed by atoms with E-state index in [2.05, 4.69) is 88.4 Å². The number of fused-ring (bicyclic) bond motifs is 3. The average Bonchev–Trinajstić information content (AvgIpc) is 3.32. The van der Waals surface area contributed by atoms with Crippen LogP contribution in [0, 0.1) is 0 Å². The summed E-state index contributed by atoms with van der Waals surface area (Å²) in [6.07, 6.45) is 0. The minimum atomic E-state index is -0.381. The van der Waals surface area contributed by atoms with E-state index in [1.54, 1.807) is 11.3 Å². The summed E-state index contributed by atoms with van der Waals surface area (Å²) >= 11 is 1.74. The number of hydrogen-bond acceptors (Lipinski definition) is 5. The van der Waals surface area contributed by atoms with Crippen LogP contribution in [0.5, 0.6) is 0 Å². The van der Waals surface area contributed by atoms with Crippen molar-refractivity contribution in [2.45, 2.75) is 38.9 Å². The number of aromatic nitrogens is 2. The topological polar surface area (TPSA) is 44.2 Å². The first kappa shape index (κ1) is 21.5. The van der Waals surface area contributed by atoms with E-state index in [-0.39, 0.29) is 18.3 Å². The fourth-order valence-corrected chi connectivity index (χ4v) is 5.43. The van der Waals surface area contributed by atoms with Gasteiger partial charge in [0.15, 0.2) is 5.82 Å². The monoisotopic (exact) mass is 464 g/mol. The van der Waals surface area contributed by atoms with Crippen molar-refractivity contribution < 1.29 is 9.31 Å². The van der Waals surface area contributed by atoms with Crippen LogP contribution in [0.2, 0.25) is 0 Å². The fourth-order valence-electron chi connectivity index (χ4n) is 4.28. The van der Waals surface area contributed by atoms with E-state index in [4.69, 9.17) is 19.3 Å². The third-order valence-corrected chi connectivity index (χ3v) is 8.13. The Morgan fingerprint density at radius 1 is 0.706 bits per heavy atom. The van der Waals surface area contributed by atoms with Gasteiger partial charge in [-0.1, -0.05) is 72.8 Å². The van der Waals surface area contributed by atoms with Crippen LogP contribution < -0.4 is 5.46 Å². The summed E-state index contributed by atoms with van der Waals surface area (Å²) < 4.78 is 14.8. The lowest BCUT2D eigenvalue weighted by Gasteiger charge is -2.32. The summed E-state index contributed by atoms with van der Waals surface area (Å²) in [6.45, 7) is 8.30. The molecule has 3 heterocycles. The molecular weight excluding hydrogens is 439 g/mol. The van der Waals surface area contributed by atoms with Gasteiger partial charge in [-0.3, -0.25) is 0 Å². The molecule has 34 heavy (non-hydrogen) atoms. The van der Waals surface area contributed by atoms with Gasteiger partial charge in [-0.05, 0) is 39.2 Å². The average molecular weight is 464 g/mol. The van der Waals surface area contributed by atoms with Gasteiger partial charge in [0.25, 0.3) is 0 Å². The maximum atomic E-state index is 6.24. The highest BCUT2D eigenvalue weighted by Gasteiger charge is 2.51. The second-order valence-electron chi connectivity index (χ2n) is 9.75. The summed E-state index contributed by atoms with van der Waals surface area (Å²) in [5, 5.41) is 1.16. The minimum absolute atomic E-state index is 0.364. The molecule has 6 heteroatoms. The molecular formula is C28H25BN2O2S. The summed E-state index contributed by atoms with van der Waals surface area (Å²) in [4.78, 5) is 10.0. The third kappa shape index (κ3) is 3.45. The first-order chi connectivity index (χ1) is 16.3. The van der Waals surface area contributed by atoms with Gasteiger partial charge in [0.1, 0.15) is 0 Å². The molecule has 1 aliphatic heterocycles. The summed E-state index contributed by atoms with van der Waals surface area (Å²) in [5.41, 5.74) is 4.29. The van der Waals surface area contributed by atoms with Gasteiger partial charge in [-0.2, -0.15) is 0 Å². The molecule has 6 rings (SSSR count). The molecule has 0 aliphatic carbocycles. The van der Waals surface area contributed by atoms with Crippen molar-refractivity contribution in [1.29, 1.82) is 0 Å². The number of nitrogens with zero attached hydrogens (tertiary/aromatic N) is 2. The Hall–Kier alpha value is -3.06. The molecule has 3 aromatic carbocycles. The van der Waals surface area contributed by atoms with Crippen LogP contribution in [-0.4, -0.2) is 28.3 Å². The van der Waals surface area contributed by atoms with E-state index in [9.17, 15) is 0 Å². The standard InChI is InChI=1S/C28H25BN2O2S/c1-27(2)28(3,4)33-29(32-27)20-16-14-18(15-17-20)23-25-24(21-12-8-9-13-22(21)34-25)31-26(30-23)19-10-6-5-7-11-19/h5-17H,1-4H3. The van der Waals surface area contributed by atoms with Crippen molar-refractivity contribution in [1.82, 2.24) is 9.97 Å². The van der Waals surface area contributed by atoms with Crippen molar-refractivity contribution >= 4 is 44.2 Å². The molecule has 0 amide bonds. The molecule has 0 unspecified atom stereocenters. The van der Waals surface area contributed by atoms with Crippen molar-refractivity contribution in [3.8, 4) is 22.6 Å². The van der Waals surface area contributed by atoms with E-state index in [0.29, 0.717) is 0 Å². The molecule has 0 radical (unpaired) electrons. The highest BCUT2D eigenvalue weighted by molar-refractivity contribution is 7.26. The third-order valence-electron chi connectivity index (χ3n) is 6.96. The number of benzene rings is 3. The van der Waals surface area contributed by atoms with E-state index in [1.165, 1.54) is 4.70 Å². The van der Waals surface area contributed by atoms with Crippen LogP contribution in [0.4, 0.5) is 0 Å². The summed E-state index contributed by atoms with van der Waals surface area (Å²) in [7, 11) is -0.381. The molecule has 2 aromatic heterocycles. The van der Waals surface area contributed by atoms with Crippen LogP contribution in [0.15, 0.2) is 78.9 Å². The summed E-state index contributed by atoms with van der Waals surface area (Å²) in [5.74, 6) is 0.738. The minimum Gasteiger partial charge on any atom is -0.399 e. The smallest absolute Gasteiger partial charge is 0.399 e. The molecule has 0 N–H and O–H groups in total. The number of hydrogen-bond donors (Lipinski definition) is 0. The Bertz CT molecular complexity index is 1490. The summed E-state index contributed by atoms with van der Waals surface area (Å²) in [6, 6.07) is 27.0. The fraction of sp³-hybridized carbons (Fsp3) is 0.214. The Morgan fingerprint density at radius 3 is 2.06 bits per heavy atom. The number of thiophene rings is 1. The highest BCUT2D eigenvalue weighted by Crippen LogP contribution is 2.40. The lowest BCUT2D eigenvalue weighted by molar-refractivity contribution is 0.00578. The van der Waals surface area contributed by atoms with Gasteiger partial charge in [0.05, 0.1) is 27.1 Å². The van der Waals surface area contributed by atoms with E-state index in [0.717, 1.165) is 43.7 Å². The van der Waals surface area contributed by atoms with Crippen LogP contribution in [0.3, 0.4) is 0 Å². The zero-order valence-electron chi connectivity index (χ0n) is 19.7. The van der Waals surface area contributed by atoms with Crippen LogP contribution in [0.1, 0.15) is 27.7 Å². The molecule has 5 aromatic rings. The lowest BCUT2D eigenvalue weighted by atomic mass is 9.79. The molecule has 4 nitrogen and oxygen atoms in total. The van der Waals surface area contributed by atoms with Crippen LogP contribution >= 0.6 is 11.3 Å². The molecule has 1 fully saturated rings. The molecule has 0 saturated carbocycles. The first-order valence-electron chi connectivity index (χ1n) is 11.5. The SMILES string of the molecule is CC1(C)OB(c2ccc(-c3nc(-c4ccccc4)nc4c3sc3ccccc34)cc2)OC1(C)C. The first-order valence-corrected chi connectivity index (χ1v) is 12.3. The van der Waals surface area contributed by atoms with Crippen molar-refractivity contribution in [3.63, 3.8) is 0 Å². The normalized spacial score (nSPS) is 17.0. The maximum absolute atomic E-state index is 6.24. The lowest BCUT2D eigenvalue weighted by Crippen LogP contribution is -2.41. The van der Waals surface area contributed by atoms with Gasteiger partial charge in [0.2, 0.25) is 0 Å². The Morgan fingerprint density at radius 2 is 1.35 bits per heavy atom. The van der Waals surface area contributed by atoms with Gasteiger partial charge in [-0.25, -0.2) is 9.97 Å².